The third kappa shape index (κ3) is 6.80. The first-order chi connectivity index (χ1) is 9.72. The molecule has 1 heterocycles. The molecule has 1 fully saturated rings. The lowest BCUT2D eigenvalue weighted by molar-refractivity contribution is 0.0276. The summed E-state index contributed by atoms with van der Waals surface area (Å²) >= 11 is 0.844. The molecule has 1 aliphatic rings. The van der Waals surface area contributed by atoms with Gasteiger partial charge in [0.2, 0.25) is 0 Å². The number of aliphatic hydroxyl groups is 2. The second kappa shape index (κ2) is 7.43. The van der Waals surface area contributed by atoms with Gasteiger partial charge in [-0.05, 0) is 13.8 Å². The molecule has 17 heteroatoms. The van der Waals surface area contributed by atoms with E-state index < -0.39 is 53.0 Å². The summed E-state index contributed by atoms with van der Waals surface area (Å²) in [6, 6.07) is 0. The van der Waals surface area contributed by atoms with E-state index in [1.807, 2.05) is 0 Å². The lowest BCUT2D eigenvalue weighted by Gasteiger charge is -2.17. The van der Waals surface area contributed by atoms with Crippen molar-refractivity contribution < 1.29 is 57.0 Å². The van der Waals surface area contributed by atoms with E-state index in [1.54, 1.807) is 0 Å². The van der Waals surface area contributed by atoms with E-state index in [1.165, 1.54) is 0 Å². The Balaban J connectivity index is 2.58. The molecule has 0 spiro atoms. The van der Waals surface area contributed by atoms with Crippen LogP contribution in [0.5, 0.6) is 0 Å². The topological polar surface area (TPSA) is 203 Å². The van der Waals surface area contributed by atoms with Crippen molar-refractivity contribution >= 4 is 43.4 Å². The van der Waals surface area contributed by atoms with Crippen molar-refractivity contribution in [3.63, 3.8) is 0 Å². The molecule has 5 atom stereocenters. The van der Waals surface area contributed by atoms with Crippen molar-refractivity contribution in [2.24, 2.45) is 0 Å². The minimum absolute atomic E-state index is 0.680. The number of aliphatic hydroxyl groups excluding tert-OH is 2. The predicted octanol–water partition coefficient (Wildman–Crippen LogP) is -1.78. The summed E-state index contributed by atoms with van der Waals surface area (Å²) in [6.07, 6.45) is -2.66. The number of phosphoric ester groups is 1. The zero-order valence-corrected chi connectivity index (χ0v) is 14.0. The summed E-state index contributed by atoms with van der Waals surface area (Å²) in [5, 5.41) is 17.2. The van der Waals surface area contributed by atoms with Gasteiger partial charge in [-0.2, -0.15) is 21.5 Å². The largest absolute Gasteiger partial charge is 0.591 e. The van der Waals surface area contributed by atoms with E-state index in [9.17, 15) is 24.2 Å². The SMILES string of the molecule is [B][C@@H]1S[C@H](COP(=O)(O)O[P+](O)(O)OP(=O)(O)O)[C@H](O)C1O. The standard InChI is InChI=1S/C5H12BO12P3S/c6-5-4(8)3(7)2(22-5)1-16-20(12,13)18-21(14,15)17-19(9,10)11/h2-5,7-8,14-15H,1H2,(H2-,9,10,11,12,13)/p+1/t2-,3+,4?,5-/m1/s1. The molecular weight excluding hydrogens is 388 g/mol. The fourth-order valence-electron chi connectivity index (χ4n) is 1.39. The maximum Gasteiger partial charge on any atom is 0.591 e. The highest BCUT2D eigenvalue weighted by atomic mass is 32.2. The summed E-state index contributed by atoms with van der Waals surface area (Å²) in [4.78, 5) is 44.0. The predicted molar refractivity (Wildman–Crippen MR) is 74.3 cm³/mol. The zero-order valence-electron chi connectivity index (χ0n) is 10.5. The molecule has 0 aliphatic carbocycles. The van der Waals surface area contributed by atoms with Crippen LogP contribution in [-0.4, -0.2) is 71.7 Å². The van der Waals surface area contributed by atoms with Gasteiger partial charge < -0.3 is 24.9 Å². The molecule has 0 aromatic heterocycles. The normalized spacial score (nSPS) is 32.9. The van der Waals surface area contributed by atoms with E-state index in [0.29, 0.717) is 0 Å². The number of rotatable bonds is 7. The molecule has 128 valence electrons. The third-order valence-electron chi connectivity index (χ3n) is 2.22. The Morgan fingerprint density at radius 3 is 2.05 bits per heavy atom. The summed E-state index contributed by atoms with van der Waals surface area (Å²) < 4.78 is 33.4. The Bertz CT molecular complexity index is 483. The van der Waals surface area contributed by atoms with Crippen LogP contribution in [0.25, 0.3) is 0 Å². The van der Waals surface area contributed by atoms with Gasteiger partial charge in [0.05, 0.1) is 31.9 Å². The minimum Gasteiger partial charge on any atom is -0.390 e. The van der Waals surface area contributed by atoms with Crippen LogP contribution >= 0.6 is 35.6 Å². The molecule has 2 unspecified atom stereocenters. The van der Waals surface area contributed by atoms with Gasteiger partial charge in [0, 0.05) is 0 Å². The molecular formula is C5H13BO12P3S+. The summed E-state index contributed by atoms with van der Waals surface area (Å²) in [5.74, 6) is 0. The maximum atomic E-state index is 11.4. The second-order valence-corrected chi connectivity index (χ2v) is 9.92. The lowest BCUT2D eigenvalue weighted by atomic mass is 9.94. The quantitative estimate of drug-likeness (QED) is 0.187. The number of phosphoric acid groups is 2. The number of thioether (sulfide) groups is 1. The van der Waals surface area contributed by atoms with Crippen molar-refractivity contribution in [2.75, 3.05) is 6.61 Å². The molecule has 12 nitrogen and oxygen atoms in total. The maximum absolute atomic E-state index is 11.4. The van der Waals surface area contributed by atoms with Crippen molar-refractivity contribution in [3.8, 4) is 0 Å². The molecule has 0 amide bonds. The van der Waals surface area contributed by atoms with Gasteiger partial charge in [-0.1, -0.05) is 0 Å². The smallest absolute Gasteiger partial charge is 0.390 e. The van der Waals surface area contributed by atoms with Crippen LogP contribution in [0.2, 0.25) is 0 Å². The van der Waals surface area contributed by atoms with Crippen LogP contribution in [0.1, 0.15) is 0 Å². The van der Waals surface area contributed by atoms with Gasteiger partial charge in [-0.15, -0.1) is 0 Å². The van der Waals surface area contributed by atoms with Gasteiger partial charge in [0.1, 0.15) is 0 Å². The van der Waals surface area contributed by atoms with E-state index >= 15 is 0 Å². The van der Waals surface area contributed by atoms with Crippen LogP contribution in [0.3, 0.4) is 0 Å². The number of hydrogen-bond donors (Lipinski definition) is 7. The molecule has 0 aromatic carbocycles. The molecule has 1 aliphatic heterocycles. The van der Waals surface area contributed by atoms with Crippen molar-refractivity contribution in [3.05, 3.63) is 0 Å². The summed E-state index contributed by atoms with van der Waals surface area (Å²) in [7, 11) is -10.5. The molecule has 0 bridgehead atoms. The van der Waals surface area contributed by atoms with Crippen LogP contribution in [0, 0.1) is 0 Å². The Kier molecular flexibility index (Phi) is 7.07. The third-order valence-corrected chi connectivity index (χ3v) is 7.43. The van der Waals surface area contributed by atoms with Gasteiger partial charge >= 0.3 is 23.8 Å². The first-order valence-electron chi connectivity index (χ1n) is 5.30. The molecule has 2 radical (unpaired) electrons. The molecule has 0 saturated carbocycles. The fourth-order valence-corrected chi connectivity index (χ4v) is 5.80. The van der Waals surface area contributed by atoms with E-state index in [0.717, 1.165) is 11.8 Å². The first-order valence-corrected chi connectivity index (χ1v) is 10.8. The molecule has 1 rings (SSSR count). The van der Waals surface area contributed by atoms with E-state index in [4.69, 9.17) is 27.4 Å². The van der Waals surface area contributed by atoms with Crippen molar-refractivity contribution in [1.82, 2.24) is 0 Å². The van der Waals surface area contributed by atoms with Crippen LogP contribution in [-0.2, 0) is 22.3 Å². The van der Waals surface area contributed by atoms with Crippen LogP contribution in [0.15, 0.2) is 0 Å². The zero-order chi connectivity index (χ0) is 17.3. The summed E-state index contributed by atoms with van der Waals surface area (Å²) in [6.45, 7) is -0.680. The van der Waals surface area contributed by atoms with Crippen LogP contribution < -0.4 is 0 Å². The Labute approximate surface area is 130 Å². The first kappa shape index (κ1) is 20.9. The number of hydrogen-bond acceptors (Lipinski definition) is 10. The lowest BCUT2D eigenvalue weighted by Crippen LogP contribution is -2.34. The average molecular weight is 401 g/mol. The van der Waals surface area contributed by atoms with Crippen molar-refractivity contribution in [2.45, 2.75) is 22.6 Å². The van der Waals surface area contributed by atoms with E-state index in [-0.39, 0.29) is 0 Å². The highest BCUT2D eigenvalue weighted by Gasteiger charge is 2.55. The summed E-state index contributed by atoms with van der Waals surface area (Å²) in [5.41, 5.74) is 0. The molecule has 0 aromatic rings. The highest BCUT2D eigenvalue weighted by Crippen LogP contribution is 2.71. The van der Waals surface area contributed by atoms with Crippen LogP contribution in [0.4, 0.5) is 0 Å². The Morgan fingerprint density at radius 2 is 1.64 bits per heavy atom. The highest BCUT2D eigenvalue weighted by molar-refractivity contribution is 8.02. The Hall–Kier alpha value is 0.905. The molecule has 7 N–H and O–H groups in total. The van der Waals surface area contributed by atoms with Crippen molar-refractivity contribution in [1.29, 1.82) is 0 Å². The second-order valence-electron chi connectivity index (χ2n) is 4.03. The fraction of sp³-hybridized carbons (Fsp3) is 1.00. The average Bonchev–Trinajstić information content (AvgIpc) is 2.49. The minimum atomic E-state index is -5.40. The monoisotopic (exact) mass is 401 g/mol. The van der Waals surface area contributed by atoms with Gasteiger partial charge in [-0.25, -0.2) is 9.13 Å². The Morgan fingerprint density at radius 1 is 1.09 bits per heavy atom. The molecule has 1 saturated heterocycles. The van der Waals surface area contributed by atoms with Gasteiger partial charge in [0.25, 0.3) is 0 Å². The molecule has 22 heavy (non-hydrogen) atoms. The van der Waals surface area contributed by atoms with Gasteiger partial charge in [0.15, 0.2) is 0 Å². The van der Waals surface area contributed by atoms with E-state index in [2.05, 4.69) is 13.1 Å². The van der Waals surface area contributed by atoms with Gasteiger partial charge in [-0.3, -0.25) is 4.52 Å².